The summed E-state index contributed by atoms with van der Waals surface area (Å²) in [4.78, 5) is 25.9. The largest absolute Gasteiger partial charge is 0.508 e. The fourth-order valence-corrected chi connectivity index (χ4v) is 3.81. The zero-order valence-corrected chi connectivity index (χ0v) is 18.3. The van der Waals surface area contributed by atoms with Crippen LogP contribution in [-0.4, -0.2) is 40.3 Å². The van der Waals surface area contributed by atoms with Gasteiger partial charge in [-0.2, -0.15) is 0 Å². The molecule has 0 unspecified atom stereocenters. The molecule has 3 rings (SSSR count). The average molecular weight is 436 g/mol. The van der Waals surface area contributed by atoms with Gasteiger partial charge in [-0.25, -0.2) is 9.97 Å². The topological polar surface area (TPSA) is 99.5 Å². The zero-order chi connectivity index (χ0) is 22.2. The molecule has 8 heteroatoms. The maximum atomic E-state index is 12.9. The van der Waals surface area contributed by atoms with Crippen LogP contribution in [0.15, 0.2) is 64.6 Å². The molecule has 0 radical (unpaired) electrons. The van der Waals surface area contributed by atoms with Gasteiger partial charge in [-0.1, -0.05) is 24.3 Å². The Kier molecular flexibility index (Phi) is 7.50. The lowest BCUT2D eigenvalue weighted by atomic mass is 10.1. The number of thiophene rings is 1. The van der Waals surface area contributed by atoms with Gasteiger partial charge in [0.2, 0.25) is 5.95 Å². The smallest absolute Gasteiger partial charge is 0.271 e. The van der Waals surface area contributed by atoms with E-state index < -0.39 is 0 Å². The number of aliphatic imine (C=N–C) groups is 1. The van der Waals surface area contributed by atoms with Crippen LogP contribution < -0.4 is 10.6 Å². The third-order valence-corrected chi connectivity index (χ3v) is 5.47. The van der Waals surface area contributed by atoms with Gasteiger partial charge in [0.1, 0.15) is 5.75 Å². The minimum Gasteiger partial charge on any atom is -0.508 e. The number of hydrogen-bond donors (Lipinski definition) is 3. The molecule has 1 aromatic carbocycles. The summed E-state index contributed by atoms with van der Waals surface area (Å²) < 4.78 is 0.736. The number of nitrogens with zero attached hydrogens (tertiary/aromatic N) is 3. The molecule has 0 spiro atoms. The number of nitrogens with one attached hydrogen (secondary N) is 2. The third kappa shape index (κ3) is 5.76. The predicted octanol–water partition coefficient (Wildman–Crippen LogP) is 4.33. The lowest BCUT2D eigenvalue weighted by Crippen LogP contribution is -2.27. The lowest BCUT2D eigenvalue weighted by Gasteiger charge is -2.15. The number of benzene rings is 1. The first-order chi connectivity index (χ1) is 15.0. The molecule has 7 nitrogen and oxygen atoms in total. The van der Waals surface area contributed by atoms with E-state index in [-0.39, 0.29) is 17.7 Å². The Balaban J connectivity index is 1.76. The van der Waals surface area contributed by atoms with Gasteiger partial charge in [-0.05, 0) is 62.2 Å². The first-order valence-corrected chi connectivity index (χ1v) is 10.8. The summed E-state index contributed by atoms with van der Waals surface area (Å²) in [7, 11) is 0. The highest BCUT2D eigenvalue weighted by Crippen LogP contribution is 2.24. The van der Waals surface area contributed by atoms with Crippen LogP contribution in [0.5, 0.6) is 5.75 Å². The lowest BCUT2D eigenvalue weighted by molar-refractivity contribution is 0.0951. The summed E-state index contributed by atoms with van der Waals surface area (Å²) in [6, 6.07) is 8.67. The fourth-order valence-electron chi connectivity index (χ4n) is 2.99. The van der Waals surface area contributed by atoms with Crippen molar-refractivity contribution in [3.05, 3.63) is 70.9 Å². The van der Waals surface area contributed by atoms with Crippen LogP contribution in [0.1, 0.15) is 29.9 Å². The highest BCUT2D eigenvalue weighted by atomic mass is 32.1. The SMILES string of the molecule is C=N/C(=C\C=C/C)[C@H](C)Nc1nc(C(=O)NCCc2cccc(O)c2)c2sccc2n1. The van der Waals surface area contributed by atoms with Gasteiger partial charge in [0.15, 0.2) is 5.69 Å². The first kappa shape index (κ1) is 22.2. The summed E-state index contributed by atoms with van der Waals surface area (Å²) in [6.45, 7) is 7.90. The molecule has 0 aliphatic rings. The maximum Gasteiger partial charge on any atom is 0.271 e. The molecule has 0 aliphatic carbocycles. The second-order valence-electron chi connectivity index (χ2n) is 6.85. The number of carbonyl (C=O) groups excluding carboxylic acids is 1. The normalized spacial score (nSPS) is 12.8. The summed E-state index contributed by atoms with van der Waals surface area (Å²) in [6.07, 6.45) is 6.26. The number of rotatable bonds is 9. The van der Waals surface area contributed by atoms with E-state index in [1.54, 1.807) is 18.2 Å². The number of allylic oxidation sites excluding steroid dienone is 3. The Hall–Kier alpha value is -3.52. The van der Waals surface area contributed by atoms with Crippen LogP contribution in [0, 0.1) is 0 Å². The van der Waals surface area contributed by atoms with Crippen LogP contribution >= 0.6 is 11.3 Å². The Bertz CT molecular complexity index is 1140. The van der Waals surface area contributed by atoms with Crippen LogP contribution in [0.2, 0.25) is 0 Å². The first-order valence-electron chi connectivity index (χ1n) is 9.89. The number of carbonyl (C=O) groups is 1. The molecule has 31 heavy (non-hydrogen) atoms. The van der Waals surface area contributed by atoms with Gasteiger partial charge in [-0.15, -0.1) is 11.3 Å². The van der Waals surface area contributed by atoms with Crippen molar-refractivity contribution in [3.63, 3.8) is 0 Å². The number of aromatic hydroxyl groups is 1. The third-order valence-electron chi connectivity index (χ3n) is 4.56. The molecule has 3 N–H and O–H groups in total. The Morgan fingerprint density at radius 2 is 2.19 bits per heavy atom. The highest BCUT2D eigenvalue weighted by molar-refractivity contribution is 7.17. The summed E-state index contributed by atoms with van der Waals surface area (Å²) in [5.74, 6) is 0.297. The van der Waals surface area contributed by atoms with E-state index in [0.717, 1.165) is 16.0 Å². The van der Waals surface area contributed by atoms with Crippen LogP contribution in [-0.2, 0) is 6.42 Å². The summed E-state index contributed by atoms with van der Waals surface area (Å²) >= 11 is 1.43. The summed E-state index contributed by atoms with van der Waals surface area (Å²) in [5, 5.41) is 17.6. The van der Waals surface area contributed by atoms with E-state index in [1.807, 2.05) is 49.6 Å². The minimum absolute atomic E-state index is 0.188. The van der Waals surface area contributed by atoms with Crippen molar-refractivity contribution in [3.8, 4) is 5.75 Å². The average Bonchev–Trinajstić information content (AvgIpc) is 3.22. The molecule has 0 bridgehead atoms. The standard InChI is InChI=1S/C23H25N5O2S/c1-4-5-9-18(24-3)15(2)26-23-27-19-11-13-31-21(19)20(28-23)22(30)25-12-10-16-7-6-8-17(29)14-16/h4-9,11,13-15,29H,3,10,12H2,1-2H3,(H,25,30)(H,26,27,28)/b5-4-,18-9-/t15-/m0/s1. The predicted molar refractivity (Wildman–Crippen MR) is 127 cm³/mol. The van der Waals surface area contributed by atoms with Crippen LogP contribution in [0.4, 0.5) is 5.95 Å². The zero-order valence-electron chi connectivity index (χ0n) is 17.5. The van der Waals surface area contributed by atoms with Gasteiger partial charge in [0.25, 0.3) is 5.91 Å². The van der Waals surface area contributed by atoms with Crippen molar-refractivity contribution in [2.24, 2.45) is 4.99 Å². The summed E-state index contributed by atoms with van der Waals surface area (Å²) in [5.41, 5.74) is 2.72. The van der Waals surface area contributed by atoms with E-state index >= 15 is 0 Å². The van der Waals surface area contributed by atoms with E-state index in [2.05, 4.69) is 32.3 Å². The van der Waals surface area contributed by atoms with E-state index in [4.69, 9.17) is 0 Å². The molecule has 2 aromatic heterocycles. The molecule has 0 saturated heterocycles. The molecule has 0 aliphatic heterocycles. The number of phenols is 1. The Morgan fingerprint density at radius 3 is 2.94 bits per heavy atom. The second kappa shape index (κ2) is 10.5. The van der Waals surface area contributed by atoms with Gasteiger partial charge >= 0.3 is 0 Å². The molecule has 1 amide bonds. The monoisotopic (exact) mass is 435 g/mol. The molecule has 1 atom stereocenters. The molecule has 160 valence electrons. The number of anilines is 1. The number of phenolic OH excluding ortho intramolecular Hbond substituents is 1. The number of amides is 1. The van der Waals surface area contributed by atoms with Crippen LogP contribution in [0.25, 0.3) is 10.2 Å². The maximum absolute atomic E-state index is 12.9. The Morgan fingerprint density at radius 1 is 1.35 bits per heavy atom. The Labute approximate surface area is 185 Å². The quantitative estimate of drug-likeness (QED) is 0.343. The van der Waals surface area contributed by atoms with Gasteiger partial charge in [0, 0.05) is 6.54 Å². The van der Waals surface area contributed by atoms with E-state index in [1.165, 1.54) is 11.3 Å². The number of aromatic nitrogens is 2. The molecular weight excluding hydrogens is 410 g/mol. The number of fused-ring (bicyclic) bond motifs is 1. The van der Waals surface area contributed by atoms with Gasteiger partial charge in [0.05, 0.1) is 22.0 Å². The molecule has 0 saturated carbocycles. The second-order valence-corrected chi connectivity index (χ2v) is 7.76. The van der Waals surface area contributed by atoms with Gasteiger partial charge < -0.3 is 15.7 Å². The van der Waals surface area contributed by atoms with Gasteiger partial charge in [-0.3, -0.25) is 9.79 Å². The van der Waals surface area contributed by atoms with Crippen molar-refractivity contribution >= 4 is 40.1 Å². The fraction of sp³-hybridized carbons (Fsp3) is 0.217. The van der Waals surface area contributed by atoms with Crippen molar-refractivity contribution in [1.29, 1.82) is 0 Å². The van der Waals surface area contributed by atoms with E-state index in [9.17, 15) is 9.90 Å². The number of hydrogen-bond acceptors (Lipinski definition) is 7. The molecular formula is C23H25N5O2S. The van der Waals surface area contributed by atoms with Crippen molar-refractivity contribution in [1.82, 2.24) is 15.3 Å². The molecule has 3 aromatic rings. The minimum atomic E-state index is -0.266. The van der Waals surface area contributed by atoms with Crippen molar-refractivity contribution in [2.75, 3.05) is 11.9 Å². The molecule has 0 fully saturated rings. The van der Waals surface area contributed by atoms with Crippen molar-refractivity contribution < 1.29 is 9.90 Å². The van der Waals surface area contributed by atoms with Crippen molar-refractivity contribution in [2.45, 2.75) is 26.3 Å². The van der Waals surface area contributed by atoms with E-state index in [0.29, 0.717) is 30.1 Å². The van der Waals surface area contributed by atoms with Crippen LogP contribution in [0.3, 0.4) is 0 Å². The highest BCUT2D eigenvalue weighted by Gasteiger charge is 2.17. The molecule has 2 heterocycles.